The normalized spacial score (nSPS) is 12.3. The van der Waals surface area contributed by atoms with Gasteiger partial charge in [-0.3, -0.25) is 0 Å². The Morgan fingerprint density at radius 1 is 1.35 bits per heavy atom. The molecule has 1 aromatic carbocycles. The van der Waals surface area contributed by atoms with Gasteiger partial charge in [-0.25, -0.2) is 4.68 Å². The number of hydrogen-bond donors (Lipinski definition) is 3. The number of aliphatic hydroxyl groups is 1. The van der Waals surface area contributed by atoms with Gasteiger partial charge in [-0.2, -0.15) is 5.10 Å². The van der Waals surface area contributed by atoms with Crippen molar-refractivity contribution in [2.75, 3.05) is 17.7 Å². The first-order valence-corrected chi connectivity index (χ1v) is 6.92. The Hall–Kier alpha value is -2.01. The maximum absolute atomic E-state index is 9.63. The minimum atomic E-state index is -0.190. The van der Waals surface area contributed by atoms with E-state index in [9.17, 15) is 5.11 Å². The van der Waals surface area contributed by atoms with Crippen molar-refractivity contribution in [3.63, 3.8) is 0 Å². The van der Waals surface area contributed by atoms with Gasteiger partial charge in [-0.1, -0.05) is 37.3 Å². The van der Waals surface area contributed by atoms with Gasteiger partial charge in [0.2, 0.25) is 0 Å². The van der Waals surface area contributed by atoms with E-state index in [-0.39, 0.29) is 12.6 Å². The summed E-state index contributed by atoms with van der Waals surface area (Å²) < 4.78 is 1.87. The first-order valence-electron chi connectivity index (χ1n) is 6.92. The standard InChI is InChI=1S/C15H22N4O/c1-3-9-19-15(14(16)11(2)18-19)17-13(10-20)12-7-5-4-6-8-12/h4-8,13,17,20H,3,9-10,16H2,1-2H3. The number of aryl methyl sites for hydroxylation is 2. The third-order valence-electron chi connectivity index (χ3n) is 3.30. The van der Waals surface area contributed by atoms with Crippen molar-refractivity contribution >= 4 is 11.5 Å². The number of benzene rings is 1. The summed E-state index contributed by atoms with van der Waals surface area (Å²) in [5, 5.41) is 17.4. The van der Waals surface area contributed by atoms with E-state index < -0.39 is 0 Å². The van der Waals surface area contributed by atoms with Gasteiger partial charge in [0.25, 0.3) is 0 Å². The average molecular weight is 274 g/mol. The SMILES string of the molecule is CCCn1nc(C)c(N)c1NC(CO)c1ccccc1. The fraction of sp³-hybridized carbons (Fsp3) is 0.400. The van der Waals surface area contributed by atoms with Crippen LogP contribution >= 0.6 is 0 Å². The molecule has 1 heterocycles. The summed E-state index contributed by atoms with van der Waals surface area (Å²) in [6.45, 7) is 4.79. The van der Waals surface area contributed by atoms with Gasteiger partial charge in [-0.15, -0.1) is 0 Å². The highest BCUT2D eigenvalue weighted by Gasteiger charge is 2.17. The molecule has 0 saturated carbocycles. The van der Waals surface area contributed by atoms with Crippen molar-refractivity contribution in [3.8, 4) is 0 Å². The van der Waals surface area contributed by atoms with Crippen LogP contribution in [0, 0.1) is 6.92 Å². The van der Waals surface area contributed by atoms with Crippen LogP contribution in [0.15, 0.2) is 30.3 Å². The minimum Gasteiger partial charge on any atom is -0.394 e. The number of hydrogen-bond acceptors (Lipinski definition) is 4. The Morgan fingerprint density at radius 2 is 2.05 bits per heavy atom. The molecule has 20 heavy (non-hydrogen) atoms. The van der Waals surface area contributed by atoms with Crippen LogP contribution in [0.5, 0.6) is 0 Å². The monoisotopic (exact) mass is 274 g/mol. The van der Waals surface area contributed by atoms with Crippen LogP contribution in [-0.4, -0.2) is 21.5 Å². The van der Waals surface area contributed by atoms with Crippen molar-refractivity contribution in [1.29, 1.82) is 0 Å². The minimum absolute atomic E-state index is 0.000193. The third kappa shape index (κ3) is 2.93. The van der Waals surface area contributed by atoms with Crippen LogP contribution in [0.1, 0.15) is 30.6 Å². The molecule has 0 aliphatic heterocycles. The maximum atomic E-state index is 9.63. The highest BCUT2D eigenvalue weighted by Crippen LogP contribution is 2.27. The van der Waals surface area contributed by atoms with Crippen molar-refractivity contribution in [2.45, 2.75) is 32.9 Å². The molecule has 0 spiro atoms. The molecule has 2 aromatic rings. The highest BCUT2D eigenvalue weighted by atomic mass is 16.3. The molecule has 0 aliphatic rings. The summed E-state index contributed by atoms with van der Waals surface area (Å²) in [4.78, 5) is 0. The largest absolute Gasteiger partial charge is 0.394 e. The van der Waals surface area contributed by atoms with E-state index in [0.717, 1.165) is 30.0 Å². The Morgan fingerprint density at radius 3 is 2.65 bits per heavy atom. The Labute approximate surface area is 119 Å². The van der Waals surface area contributed by atoms with E-state index in [1.807, 2.05) is 41.9 Å². The van der Waals surface area contributed by atoms with E-state index >= 15 is 0 Å². The summed E-state index contributed by atoms with van der Waals surface area (Å²) in [6, 6.07) is 9.65. The smallest absolute Gasteiger partial charge is 0.148 e. The molecule has 0 saturated heterocycles. The molecule has 1 unspecified atom stereocenters. The second-order valence-corrected chi connectivity index (χ2v) is 4.86. The van der Waals surface area contributed by atoms with Gasteiger partial charge in [0.1, 0.15) is 5.82 Å². The number of aromatic nitrogens is 2. The van der Waals surface area contributed by atoms with E-state index in [4.69, 9.17) is 5.73 Å². The van der Waals surface area contributed by atoms with Crippen LogP contribution in [0.3, 0.4) is 0 Å². The number of anilines is 2. The fourth-order valence-electron chi connectivity index (χ4n) is 2.21. The number of nitrogen functional groups attached to an aromatic ring is 1. The van der Waals surface area contributed by atoms with Crippen molar-refractivity contribution in [2.24, 2.45) is 0 Å². The number of aliphatic hydroxyl groups excluding tert-OH is 1. The van der Waals surface area contributed by atoms with E-state index in [1.54, 1.807) is 0 Å². The molecule has 108 valence electrons. The number of nitrogens with one attached hydrogen (secondary N) is 1. The van der Waals surface area contributed by atoms with Gasteiger partial charge in [-0.05, 0) is 18.9 Å². The lowest BCUT2D eigenvalue weighted by Crippen LogP contribution is -2.18. The number of nitrogens with two attached hydrogens (primary N) is 1. The van der Waals surface area contributed by atoms with E-state index in [1.165, 1.54) is 0 Å². The molecule has 1 atom stereocenters. The predicted octanol–water partition coefficient (Wildman–Crippen LogP) is 2.33. The predicted molar refractivity (Wildman–Crippen MR) is 81.6 cm³/mol. The van der Waals surface area contributed by atoms with Gasteiger partial charge in [0.05, 0.1) is 24.0 Å². The number of rotatable bonds is 6. The van der Waals surface area contributed by atoms with Gasteiger partial charge in [0.15, 0.2) is 0 Å². The second kappa shape index (κ2) is 6.43. The Kier molecular flexibility index (Phi) is 4.63. The molecule has 0 amide bonds. The van der Waals surface area contributed by atoms with Crippen molar-refractivity contribution in [3.05, 3.63) is 41.6 Å². The van der Waals surface area contributed by atoms with Crippen LogP contribution in [0.4, 0.5) is 11.5 Å². The topological polar surface area (TPSA) is 76.1 Å². The molecule has 1 aromatic heterocycles. The molecular formula is C15H22N4O. The first kappa shape index (κ1) is 14.4. The summed E-state index contributed by atoms with van der Waals surface area (Å²) in [6.07, 6.45) is 0.977. The van der Waals surface area contributed by atoms with E-state index in [0.29, 0.717) is 5.69 Å². The zero-order chi connectivity index (χ0) is 14.5. The lowest BCUT2D eigenvalue weighted by atomic mass is 10.1. The first-order chi connectivity index (χ1) is 9.67. The van der Waals surface area contributed by atoms with Gasteiger partial charge >= 0.3 is 0 Å². The summed E-state index contributed by atoms with van der Waals surface area (Å²) in [5.74, 6) is 0.784. The fourth-order valence-corrected chi connectivity index (χ4v) is 2.21. The van der Waals surface area contributed by atoms with Crippen LogP contribution < -0.4 is 11.1 Å². The quantitative estimate of drug-likeness (QED) is 0.755. The zero-order valence-corrected chi connectivity index (χ0v) is 12.0. The molecule has 4 N–H and O–H groups in total. The van der Waals surface area contributed by atoms with Crippen LogP contribution in [-0.2, 0) is 6.54 Å². The molecule has 0 bridgehead atoms. The summed E-state index contributed by atoms with van der Waals surface area (Å²) in [7, 11) is 0. The number of nitrogens with zero attached hydrogens (tertiary/aromatic N) is 2. The lowest BCUT2D eigenvalue weighted by Gasteiger charge is -2.19. The van der Waals surface area contributed by atoms with Crippen LogP contribution in [0.2, 0.25) is 0 Å². The molecule has 5 nitrogen and oxygen atoms in total. The molecule has 0 aliphatic carbocycles. The highest BCUT2D eigenvalue weighted by molar-refractivity contribution is 5.65. The van der Waals surface area contributed by atoms with Crippen molar-refractivity contribution < 1.29 is 5.11 Å². The molecule has 2 rings (SSSR count). The summed E-state index contributed by atoms with van der Waals surface area (Å²) in [5.41, 5.74) is 8.57. The van der Waals surface area contributed by atoms with Crippen LogP contribution in [0.25, 0.3) is 0 Å². The third-order valence-corrected chi connectivity index (χ3v) is 3.30. The van der Waals surface area contributed by atoms with Gasteiger partial charge in [0, 0.05) is 6.54 Å². The molecule has 0 radical (unpaired) electrons. The second-order valence-electron chi connectivity index (χ2n) is 4.86. The summed E-state index contributed by atoms with van der Waals surface area (Å²) >= 11 is 0. The molecule has 0 fully saturated rings. The molecule has 5 heteroatoms. The lowest BCUT2D eigenvalue weighted by molar-refractivity contribution is 0.275. The molecular weight excluding hydrogens is 252 g/mol. The average Bonchev–Trinajstić information content (AvgIpc) is 2.73. The van der Waals surface area contributed by atoms with Crippen molar-refractivity contribution in [1.82, 2.24) is 9.78 Å². The Balaban J connectivity index is 2.28. The Bertz CT molecular complexity index is 551. The van der Waals surface area contributed by atoms with Gasteiger partial charge < -0.3 is 16.2 Å². The zero-order valence-electron chi connectivity index (χ0n) is 12.0. The maximum Gasteiger partial charge on any atom is 0.148 e. The van der Waals surface area contributed by atoms with E-state index in [2.05, 4.69) is 17.3 Å².